The first kappa shape index (κ1) is 18.9. The summed E-state index contributed by atoms with van der Waals surface area (Å²) in [5.41, 5.74) is 7.23. The molecule has 0 amide bonds. The highest BCUT2D eigenvalue weighted by molar-refractivity contribution is 7.89. The van der Waals surface area contributed by atoms with Gasteiger partial charge in [-0.2, -0.15) is 0 Å². The number of hydrogen-bond acceptors (Lipinski definition) is 5. The molecule has 0 aliphatic heterocycles. The number of hydrogen-bond donors (Lipinski definition) is 2. The van der Waals surface area contributed by atoms with Crippen LogP contribution in [-0.4, -0.2) is 26.0 Å². The third-order valence-electron chi connectivity index (χ3n) is 4.35. The Morgan fingerprint density at radius 3 is 2.58 bits per heavy atom. The van der Waals surface area contributed by atoms with Crippen LogP contribution in [0.15, 0.2) is 39.8 Å². The van der Waals surface area contributed by atoms with Crippen LogP contribution in [0, 0.1) is 12.8 Å². The van der Waals surface area contributed by atoms with E-state index in [1.54, 1.807) is 37.5 Å². The van der Waals surface area contributed by atoms with E-state index in [-0.39, 0.29) is 29.3 Å². The van der Waals surface area contributed by atoms with Gasteiger partial charge in [0.05, 0.1) is 4.90 Å². The van der Waals surface area contributed by atoms with E-state index < -0.39 is 10.0 Å². The lowest BCUT2D eigenvalue weighted by Crippen LogP contribution is -2.39. The van der Waals surface area contributed by atoms with Crippen LogP contribution in [-0.2, 0) is 10.0 Å². The van der Waals surface area contributed by atoms with Crippen LogP contribution in [0.25, 0.3) is 11.3 Å². The Bertz CT molecular complexity index is 774. The van der Waals surface area contributed by atoms with Gasteiger partial charge in [0.2, 0.25) is 10.0 Å². The van der Waals surface area contributed by atoms with E-state index in [2.05, 4.69) is 9.71 Å². The van der Waals surface area contributed by atoms with Gasteiger partial charge in [0, 0.05) is 18.5 Å². The molecule has 1 aromatic heterocycles. The van der Waals surface area contributed by atoms with Crippen molar-refractivity contribution < 1.29 is 12.8 Å². The van der Waals surface area contributed by atoms with Crippen molar-refractivity contribution in [3.05, 3.63) is 36.4 Å². The van der Waals surface area contributed by atoms with Gasteiger partial charge < -0.3 is 10.2 Å². The van der Waals surface area contributed by atoms with Crippen molar-refractivity contribution in [1.82, 2.24) is 9.71 Å². The first-order valence-corrected chi connectivity index (χ1v) is 9.23. The maximum Gasteiger partial charge on any atom is 0.240 e. The number of nitrogens with one attached hydrogen (secondary N) is 1. The fraction of sp³-hybridized carbons (Fsp3) is 0.438. The van der Waals surface area contributed by atoms with Gasteiger partial charge in [0.1, 0.15) is 12.0 Å². The molecule has 132 valence electrons. The van der Waals surface area contributed by atoms with E-state index in [1.807, 2.05) is 0 Å². The molecule has 2 aromatic rings. The third kappa shape index (κ3) is 3.97. The Balaban J connectivity index is 0.00000208. The van der Waals surface area contributed by atoms with Gasteiger partial charge >= 0.3 is 0 Å². The topological polar surface area (TPSA) is 98.2 Å². The van der Waals surface area contributed by atoms with Crippen molar-refractivity contribution in [3.63, 3.8) is 0 Å². The Morgan fingerprint density at radius 1 is 1.29 bits per heavy atom. The molecule has 2 unspecified atom stereocenters. The molecule has 1 aliphatic rings. The van der Waals surface area contributed by atoms with E-state index in [0.717, 1.165) is 24.8 Å². The quantitative estimate of drug-likeness (QED) is 0.841. The zero-order valence-corrected chi connectivity index (χ0v) is 15.1. The molecule has 0 bridgehead atoms. The zero-order valence-electron chi connectivity index (χ0n) is 13.4. The number of halogens is 1. The highest BCUT2D eigenvalue weighted by Crippen LogP contribution is 2.27. The summed E-state index contributed by atoms with van der Waals surface area (Å²) in [6, 6.07) is 6.59. The molecule has 0 spiro atoms. The van der Waals surface area contributed by atoms with E-state index in [4.69, 9.17) is 10.2 Å². The van der Waals surface area contributed by atoms with E-state index in [1.165, 1.54) is 0 Å². The van der Waals surface area contributed by atoms with E-state index >= 15 is 0 Å². The number of nitrogens with two attached hydrogens (primary N) is 1. The Morgan fingerprint density at radius 2 is 2.00 bits per heavy atom. The minimum atomic E-state index is -3.53. The molecule has 6 nitrogen and oxygen atoms in total. The van der Waals surface area contributed by atoms with Crippen LogP contribution < -0.4 is 10.5 Å². The first-order chi connectivity index (χ1) is 11.0. The summed E-state index contributed by atoms with van der Waals surface area (Å²) in [7, 11) is -3.53. The highest BCUT2D eigenvalue weighted by Gasteiger charge is 2.30. The fourth-order valence-electron chi connectivity index (χ4n) is 3.04. The molecule has 1 aromatic carbocycles. The smallest absolute Gasteiger partial charge is 0.240 e. The summed E-state index contributed by atoms with van der Waals surface area (Å²) in [6.07, 6.45) is 4.40. The second kappa shape index (κ2) is 7.65. The van der Waals surface area contributed by atoms with Crippen molar-refractivity contribution in [2.24, 2.45) is 11.7 Å². The molecule has 24 heavy (non-hydrogen) atoms. The number of aryl methyl sites for hydroxylation is 1. The number of oxazole rings is 1. The second-order valence-electron chi connectivity index (χ2n) is 5.93. The summed E-state index contributed by atoms with van der Waals surface area (Å²) < 4.78 is 33.0. The van der Waals surface area contributed by atoms with Crippen LogP contribution in [0.1, 0.15) is 25.2 Å². The predicted octanol–water partition coefficient (Wildman–Crippen LogP) is 2.48. The largest absolute Gasteiger partial charge is 0.449 e. The summed E-state index contributed by atoms with van der Waals surface area (Å²) in [4.78, 5) is 4.49. The van der Waals surface area contributed by atoms with Crippen LogP contribution in [0.3, 0.4) is 0 Å². The molecule has 0 radical (unpaired) electrons. The minimum Gasteiger partial charge on any atom is -0.449 e. The summed E-state index contributed by atoms with van der Waals surface area (Å²) >= 11 is 0. The second-order valence-corrected chi connectivity index (χ2v) is 7.64. The molecular weight excluding hydrogens is 350 g/mol. The molecule has 1 aliphatic carbocycles. The fourth-order valence-corrected chi connectivity index (χ4v) is 4.38. The average Bonchev–Trinajstić information content (AvgIpc) is 3.15. The van der Waals surface area contributed by atoms with Crippen LogP contribution in [0.5, 0.6) is 0 Å². The molecule has 1 heterocycles. The van der Waals surface area contributed by atoms with Gasteiger partial charge in [-0.1, -0.05) is 18.6 Å². The zero-order chi connectivity index (χ0) is 16.4. The van der Waals surface area contributed by atoms with Gasteiger partial charge in [-0.25, -0.2) is 18.1 Å². The van der Waals surface area contributed by atoms with Crippen molar-refractivity contribution in [1.29, 1.82) is 0 Å². The average molecular weight is 372 g/mol. The Hall–Kier alpha value is -1.41. The molecule has 3 N–H and O–H groups in total. The Labute approximate surface area is 148 Å². The minimum absolute atomic E-state index is 0. The summed E-state index contributed by atoms with van der Waals surface area (Å²) in [6.45, 7) is 2.28. The van der Waals surface area contributed by atoms with Gasteiger partial charge in [0.25, 0.3) is 0 Å². The van der Waals surface area contributed by atoms with Crippen molar-refractivity contribution >= 4 is 22.4 Å². The van der Waals surface area contributed by atoms with Gasteiger partial charge in [0.15, 0.2) is 5.89 Å². The number of sulfonamides is 1. The number of aromatic nitrogens is 1. The first-order valence-electron chi connectivity index (χ1n) is 7.74. The van der Waals surface area contributed by atoms with Gasteiger partial charge in [-0.05, 0) is 37.4 Å². The SMILES string of the molecule is Cc1nc(-c2ccc(S(=O)(=O)NC3CCCC3CN)cc2)co1.Cl. The monoisotopic (exact) mass is 371 g/mol. The molecule has 1 fully saturated rings. The lowest BCUT2D eigenvalue weighted by atomic mass is 10.1. The molecule has 1 saturated carbocycles. The lowest BCUT2D eigenvalue weighted by molar-refractivity contribution is 0.453. The Kier molecular flexibility index (Phi) is 6.03. The highest BCUT2D eigenvalue weighted by atomic mass is 35.5. The van der Waals surface area contributed by atoms with Crippen LogP contribution in [0.4, 0.5) is 0 Å². The van der Waals surface area contributed by atoms with Crippen LogP contribution >= 0.6 is 12.4 Å². The van der Waals surface area contributed by atoms with Crippen molar-refractivity contribution in [2.45, 2.75) is 37.1 Å². The third-order valence-corrected chi connectivity index (χ3v) is 5.85. The van der Waals surface area contributed by atoms with Gasteiger partial charge in [-0.15, -0.1) is 12.4 Å². The summed E-state index contributed by atoms with van der Waals surface area (Å²) in [5, 5.41) is 0. The molecule has 8 heteroatoms. The number of rotatable bonds is 5. The molecule has 0 saturated heterocycles. The number of nitrogens with zero attached hydrogens (tertiary/aromatic N) is 1. The van der Waals surface area contributed by atoms with Crippen molar-refractivity contribution in [3.8, 4) is 11.3 Å². The van der Waals surface area contributed by atoms with E-state index in [0.29, 0.717) is 18.1 Å². The van der Waals surface area contributed by atoms with Crippen molar-refractivity contribution in [2.75, 3.05) is 6.54 Å². The molecular formula is C16H22ClN3O3S. The standard InChI is InChI=1S/C16H21N3O3S.ClH/c1-11-18-16(10-22-11)12-5-7-14(8-6-12)23(20,21)19-15-4-2-3-13(15)9-17;/h5-8,10,13,15,19H,2-4,9,17H2,1H3;1H. The number of benzene rings is 1. The molecule has 3 rings (SSSR count). The summed E-state index contributed by atoms with van der Waals surface area (Å²) in [5.74, 6) is 0.801. The van der Waals surface area contributed by atoms with Crippen LogP contribution in [0.2, 0.25) is 0 Å². The lowest BCUT2D eigenvalue weighted by Gasteiger charge is -2.19. The maximum absolute atomic E-state index is 12.5. The predicted molar refractivity (Wildman–Crippen MR) is 94.4 cm³/mol. The van der Waals surface area contributed by atoms with Gasteiger partial charge in [-0.3, -0.25) is 0 Å². The van der Waals surface area contributed by atoms with E-state index in [9.17, 15) is 8.42 Å². The maximum atomic E-state index is 12.5. The normalized spacial score (nSPS) is 20.8. The molecule has 2 atom stereocenters.